The summed E-state index contributed by atoms with van der Waals surface area (Å²) in [5.41, 5.74) is 2.41. The van der Waals surface area contributed by atoms with Crippen LogP contribution in [0.2, 0.25) is 0 Å². The molecule has 1 aliphatic rings. The second-order valence-electron chi connectivity index (χ2n) is 9.35. The number of carbonyl (C=O) groups excluding carboxylic acids is 2. The topological polar surface area (TPSA) is 97.1 Å². The van der Waals surface area contributed by atoms with Gasteiger partial charge in [-0.05, 0) is 51.2 Å². The number of ether oxygens (including phenoxy) is 2. The maximum atomic E-state index is 13.5. The van der Waals surface area contributed by atoms with E-state index in [9.17, 15) is 14.7 Å². The molecule has 1 unspecified atom stereocenters. The van der Waals surface area contributed by atoms with Gasteiger partial charge in [-0.25, -0.2) is 4.68 Å². The van der Waals surface area contributed by atoms with Crippen molar-refractivity contribution in [2.45, 2.75) is 33.2 Å². The molecular weight excluding hydrogens is 496 g/mol. The molecule has 9 heteroatoms. The van der Waals surface area contributed by atoms with Crippen LogP contribution in [0.3, 0.4) is 0 Å². The molecule has 39 heavy (non-hydrogen) atoms. The predicted octanol–water partition coefficient (Wildman–Crippen LogP) is 4.35. The van der Waals surface area contributed by atoms with E-state index in [1.807, 2.05) is 37.3 Å². The number of hydrogen-bond donors (Lipinski definition) is 1. The Morgan fingerprint density at radius 2 is 1.74 bits per heavy atom. The molecule has 1 saturated heterocycles. The van der Waals surface area contributed by atoms with Gasteiger partial charge in [-0.3, -0.25) is 9.59 Å². The molecule has 9 nitrogen and oxygen atoms in total. The Hall–Kier alpha value is -4.11. The van der Waals surface area contributed by atoms with Crippen molar-refractivity contribution in [3.63, 3.8) is 0 Å². The highest BCUT2D eigenvalue weighted by atomic mass is 16.5. The standard InChI is InChI=1S/C30H36N4O5/c1-6-32(7-2)17-12-18-33-26(22-15-11-16-24(38-4)29(22)39-5)25(28(36)30(33)37)27(35)23-19-31-34(20(23)3)21-13-9-8-10-14-21/h8-11,13-16,19,26,35H,6-7,12,17-18H2,1-5H3/b27-25+. The zero-order valence-electron chi connectivity index (χ0n) is 23.2. The molecule has 1 N–H and O–H groups in total. The molecule has 0 bridgehead atoms. The Bertz CT molecular complexity index is 1360. The fourth-order valence-electron chi connectivity index (χ4n) is 5.18. The summed E-state index contributed by atoms with van der Waals surface area (Å²) in [6.45, 7) is 8.91. The first kappa shape index (κ1) is 27.9. The fraction of sp³-hybridized carbons (Fsp3) is 0.367. The zero-order chi connectivity index (χ0) is 28.1. The van der Waals surface area contributed by atoms with E-state index >= 15 is 0 Å². The zero-order valence-corrected chi connectivity index (χ0v) is 23.2. The first-order valence-corrected chi connectivity index (χ1v) is 13.2. The van der Waals surface area contributed by atoms with Crippen LogP contribution in [-0.2, 0) is 9.59 Å². The average Bonchev–Trinajstić information content (AvgIpc) is 3.47. The molecule has 0 aliphatic carbocycles. The summed E-state index contributed by atoms with van der Waals surface area (Å²) in [7, 11) is 3.05. The number of methoxy groups -OCH3 is 2. The van der Waals surface area contributed by atoms with Gasteiger partial charge in [0.05, 0.1) is 49.0 Å². The van der Waals surface area contributed by atoms with Crippen LogP contribution in [0.15, 0.2) is 60.3 Å². The molecule has 0 radical (unpaired) electrons. The minimum absolute atomic E-state index is 0.00473. The third-order valence-corrected chi connectivity index (χ3v) is 7.30. The molecule has 206 valence electrons. The summed E-state index contributed by atoms with van der Waals surface area (Å²) in [6, 6.07) is 14.0. The monoisotopic (exact) mass is 532 g/mol. The van der Waals surface area contributed by atoms with Crippen molar-refractivity contribution in [1.29, 1.82) is 0 Å². The number of hydrogen-bond acceptors (Lipinski definition) is 7. The van der Waals surface area contributed by atoms with Gasteiger partial charge in [-0.1, -0.05) is 44.2 Å². The van der Waals surface area contributed by atoms with Crippen molar-refractivity contribution in [2.75, 3.05) is 40.4 Å². The number of para-hydroxylation sites is 2. The van der Waals surface area contributed by atoms with Crippen LogP contribution >= 0.6 is 0 Å². The maximum absolute atomic E-state index is 13.5. The Balaban J connectivity index is 1.84. The van der Waals surface area contributed by atoms with E-state index < -0.39 is 17.7 Å². The highest BCUT2D eigenvalue weighted by molar-refractivity contribution is 6.46. The Morgan fingerprint density at radius 3 is 2.38 bits per heavy atom. The molecule has 1 atom stereocenters. The highest BCUT2D eigenvalue weighted by Gasteiger charge is 2.47. The normalized spacial score (nSPS) is 16.8. The smallest absolute Gasteiger partial charge is 0.295 e. The van der Waals surface area contributed by atoms with Crippen molar-refractivity contribution in [3.8, 4) is 17.2 Å². The second-order valence-corrected chi connectivity index (χ2v) is 9.35. The minimum Gasteiger partial charge on any atom is -0.507 e. The number of carbonyl (C=O) groups is 2. The van der Waals surface area contributed by atoms with E-state index in [4.69, 9.17) is 9.47 Å². The summed E-state index contributed by atoms with van der Waals surface area (Å²) in [4.78, 5) is 30.8. The quantitative estimate of drug-likeness (QED) is 0.223. The second kappa shape index (κ2) is 12.2. The summed E-state index contributed by atoms with van der Waals surface area (Å²) in [5, 5.41) is 16.1. The number of nitrogens with zero attached hydrogens (tertiary/aromatic N) is 4. The van der Waals surface area contributed by atoms with Crippen LogP contribution in [0.1, 0.15) is 43.1 Å². The highest BCUT2D eigenvalue weighted by Crippen LogP contribution is 2.45. The lowest BCUT2D eigenvalue weighted by Gasteiger charge is -2.28. The molecule has 2 aromatic carbocycles. The van der Waals surface area contributed by atoms with E-state index in [1.54, 1.807) is 22.9 Å². The number of ketones is 1. The van der Waals surface area contributed by atoms with Gasteiger partial charge < -0.3 is 24.4 Å². The molecule has 1 aliphatic heterocycles. The van der Waals surface area contributed by atoms with Crippen LogP contribution < -0.4 is 9.47 Å². The molecule has 0 spiro atoms. The molecule has 1 fully saturated rings. The van der Waals surface area contributed by atoms with Crippen LogP contribution in [0.4, 0.5) is 0 Å². The van der Waals surface area contributed by atoms with Crippen molar-refractivity contribution < 1.29 is 24.2 Å². The largest absolute Gasteiger partial charge is 0.507 e. The van der Waals surface area contributed by atoms with Crippen LogP contribution in [0.25, 0.3) is 11.4 Å². The molecule has 4 rings (SSSR count). The lowest BCUT2D eigenvalue weighted by atomic mass is 9.94. The van der Waals surface area contributed by atoms with Crippen molar-refractivity contribution in [3.05, 3.63) is 77.1 Å². The Kier molecular flexibility index (Phi) is 8.71. The van der Waals surface area contributed by atoms with E-state index in [1.165, 1.54) is 25.3 Å². The van der Waals surface area contributed by atoms with Gasteiger partial charge in [0, 0.05) is 12.1 Å². The molecular formula is C30H36N4O5. The first-order chi connectivity index (χ1) is 18.9. The summed E-state index contributed by atoms with van der Waals surface area (Å²) < 4.78 is 12.9. The number of amides is 1. The van der Waals surface area contributed by atoms with Crippen molar-refractivity contribution >= 4 is 17.4 Å². The Morgan fingerprint density at radius 1 is 1.03 bits per heavy atom. The number of Topliss-reactive ketones (excluding diaryl/α,β-unsaturated/α-hetero) is 1. The molecule has 1 aromatic heterocycles. The lowest BCUT2D eigenvalue weighted by Crippen LogP contribution is -2.33. The van der Waals surface area contributed by atoms with E-state index in [2.05, 4.69) is 23.8 Å². The number of aliphatic hydroxyl groups is 1. The Labute approximate surface area is 229 Å². The molecule has 2 heterocycles. The lowest BCUT2D eigenvalue weighted by molar-refractivity contribution is -0.140. The SMILES string of the molecule is CCN(CC)CCCN1C(=O)C(=O)/C(=C(/O)c2cnn(-c3ccccc3)c2C)C1c1cccc(OC)c1OC. The van der Waals surface area contributed by atoms with Crippen molar-refractivity contribution in [2.24, 2.45) is 0 Å². The van der Waals surface area contributed by atoms with Crippen LogP contribution in [0.5, 0.6) is 11.5 Å². The third-order valence-electron chi connectivity index (χ3n) is 7.30. The molecule has 0 saturated carbocycles. The third kappa shape index (κ3) is 5.27. The van der Waals surface area contributed by atoms with Crippen molar-refractivity contribution in [1.82, 2.24) is 19.6 Å². The average molecular weight is 533 g/mol. The molecule has 1 amide bonds. The van der Waals surface area contributed by atoms with Gasteiger partial charge in [0.2, 0.25) is 0 Å². The van der Waals surface area contributed by atoms with Gasteiger partial charge >= 0.3 is 0 Å². The van der Waals surface area contributed by atoms with Gasteiger partial charge in [-0.15, -0.1) is 0 Å². The maximum Gasteiger partial charge on any atom is 0.295 e. The van der Waals surface area contributed by atoms with Gasteiger partial charge in [0.1, 0.15) is 5.76 Å². The van der Waals surface area contributed by atoms with Gasteiger partial charge in [0.15, 0.2) is 11.5 Å². The van der Waals surface area contributed by atoms with Gasteiger partial charge in [-0.2, -0.15) is 5.10 Å². The molecule has 3 aromatic rings. The van der Waals surface area contributed by atoms with E-state index in [-0.39, 0.29) is 11.3 Å². The first-order valence-electron chi connectivity index (χ1n) is 13.2. The minimum atomic E-state index is -0.855. The summed E-state index contributed by atoms with van der Waals surface area (Å²) in [6.07, 6.45) is 2.19. The number of rotatable bonds is 11. The van der Waals surface area contributed by atoms with Crippen LogP contribution in [0, 0.1) is 6.92 Å². The van der Waals surface area contributed by atoms with Crippen LogP contribution in [-0.4, -0.2) is 76.8 Å². The predicted molar refractivity (Wildman–Crippen MR) is 149 cm³/mol. The van der Waals surface area contributed by atoms with Gasteiger partial charge in [0.25, 0.3) is 11.7 Å². The van der Waals surface area contributed by atoms with E-state index in [0.29, 0.717) is 41.3 Å². The van der Waals surface area contributed by atoms with E-state index in [0.717, 1.165) is 25.3 Å². The summed E-state index contributed by atoms with van der Waals surface area (Å²) >= 11 is 0. The number of benzene rings is 2. The fourth-order valence-corrected chi connectivity index (χ4v) is 5.18. The number of likely N-dealkylation sites (tertiary alicyclic amines) is 1. The number of aromatic nitrogens is 2. The summed E-state index contributed by atoms with van der Waals surface area (Å²) in [5.74, 6) is -0.787. The number of aliphatic hydroxyl groups excluding tert-OH is 1.